The van der Waals surface area contributed by atoms with Crippen molar-refractivity contribution >= 4 is 17.4 Å². The van der Waals surface area contributed by atoms with Gasteiger partial charge in [0.05, 0.1) is 11.1 Å². The van der Waals surface area contributed by atoms with Gasteiger partial charge in [-0.05, 0) is 32.0 Å². The Morgan fingerprint density at radius 2 is 2.12 bits per heavy atom. The van der Waals surface area contributed by atoms with Crippen LogP contribution in [0.5, 0.6) is 5.75 Å². The third-order valence-electron chi connectivity index (χ3n) is 2.11. The summed E-state index contributed by atoms with van der Waals surface area (Å²) in [5.41, 5.74) is 6.30. The first kappa shape index (κ1) is 11.8. The minimum atomic E-state index is 0.0827. The van der Waals surface area contributed by atoms with Crippen molar-refractivity contribution in [3.63, 3.8) is 0 Å². The average molecular weight is 253 g/mol. The summed E-state index contributed by atoms with van der Waals surface area (Å²) in [6, 6.07) is 7.06. The van der Waals surface area contributed by atoms with Gasteiger partial charge in [0.1, 0.15) is 5.75 Å². The molecule has 0 fully saturated rings. The summed E-state index contributed by atoms with van der Waals surface area (Å²) in [5, 5.41) is 4.16. The van der Waals surface area contributed by atoms with Gasteiger partial charge in [0.25, 0.3) is 0 Å². The van der Waals surface area contributed by atoms with E-state index in [2.05, 4.69) is 5.16 Å². The number of aromatic nitrogens is 1. The smallest absolute Gasteiger partial charge is 0.169 e. The fourth-order valence-corrected chi connectivity index (χ4v) is 1.65. The lowest BCUT2D eigenvalue weighted by Gasteiger charge is -2.11. The minimum Gasteiger partial charge on any atom is -0.489 e. The second-order valence-electron chi connectivity index (χ2n) is 3.93. The molecule has 1 heterocycles. The predicted octanol–water partition coefficient (Wildman–Crippen LogP) is 3.36. The Morgan fingerprint density at radius 3 is 2.65 bits per heavy atom. The van der Waals surface area contributed by atoms with Crippen LogP contribution in [-0.4, -0.2) is 11.3 Å². The highest BCUT2D eigenvalue weighted by Gasteiger charge is 2.09. The lowest BCUT2D eigenvalue weighted by Crippen LogP contribution is -2.05. The number of nitrogens with two attached hydrogens (primary N) is 1. The normalized spacial score (nSPS) is 10.8. The predicted molar refractivity (Wildman–Crippen MR) is 67.1 cm³/mol. The number of anilines is 1. The highest BCUT2D eigenvalue weighted by molar-refractivity contribution is 6.32. The Kier molecular flexibility index (Phi) is 3.24. The van der Waals surface area contributed by atoms with Crippen LogP contribution in [0.2, 0.25) is 5.02 Å². The van der Waals surface area contributed by atoms with Gasteiger partial charge in [0.15, 0.2) is 11.6 Å². The third-order valence-corrected chi connectivity index (χ3v) is 2.40. The van der Waals surface area contributed by atoms with Crippen LogP contribution in [-0.2, 0) is 0 Å². The van der Waals surface area contributed by atoms with Crippen molar-refractivity contribution in [3.05, 3.63) is 29.3 Å². The van der Waals surface area contributed by atoms with E-state index >= 15 is 0 Å². The van der Waals surface area contributed by atoms with Crippen LogP contribution in [0.15, 0.2) is 28.8 Å². The van der Waals surface area contributed by atoms with Gasteiger partial charge in [-0.15, -0.1) is 0 Å². The monoisotopic (exact) mass is 252 g/mol. The number of benzene rings is 1. The van der Waals surface area contributed by atoms with Gasteiger partial charge >= 0.3 is 0 Å². The summed E-state index contributed by atoms with van der Waals surface area (Å²) in [6.07, 6.45) is 0.0827. The van der Waals surface area contributed by atoms with E-state index in [-0.39, 0.29) is 6.10 Å². The SMILES string of the molecule is CC(C)Oc1ccc(-c2cc(N)no2)cc1Cl. The van der Waals surface area contributed by atoms with Gasteiger partial charge in [0.2, 0.25) is 0 Å². The number of hydrogen-bond donors (Lipinski definition) is 1. The van der Waals surface area contributed by atoms with Crippen LogP contribution in [0.1, 0.15) is 13.8 Å². The van der Waals surface area contributed by atoms with E-state index in [1.165, 1.54) is 0 Å². The van der Waals surface area contributed by atoms with Gasteiger partial charge < -0.3 is 15.0 Å². The second-order valence-corrected chi connectivity index (χ2v) is 4.34. The Hall–Kier alpha value is -1.68. The molecule has 0 bridgehead atoms. The molecule has 2 N–H and O–H groups in total. The molecule has 4 nitrogen and oxygen atoms in total. The highest BCUT2D eigenvalue weighted by atomic mass is 35.5. The minimum absolute atomic E-state index is 0.0827. The van der Waals surface area contributed by atoms with Crippen LogP contribution in [0.25, 0.3) is 11.3 Å². The molecule has 2 aromatic rings. The Balaban J connectivity index is 2.30. The molecule has 0 aliphatic carbocycles. The second kappa shape index (κ2) is 4.67. The van der Waals surface area contributed by atoms with Gasteiger partial charge in [-0.25, -0.2) is 0 Å². The summed E-state index contributed by atoms with van der Waals surface area (Å²) < 4.78 is 10.6. The number of nitrogens with zero attached hydrogens (tertiary/aromatic N) is 1. The first-order valence-electron chi connectivity index (χ1n) is 5.25. The lowest BCUT2D eigenvalue weighted by atomic mass is 10.1. The fourth-order valence-electron chi connectivity index (χ4n) is 1.43. The van der Waals surface area contributed by atoms with Crippen molar-refractivity contribution in [3.8, 4) is 17.1 Å². The third kappa shape index (κ3) is 2.71. The van der Waals surface area contributed by atoms with E-state index in [9.17, 15) is 0 Å². The number of nitrogen functional groups attached to an aromatic ring is 1. The molecule has 90 valence electrons. The first-order chi connectivity index (χ1) is 8.06. The molecule has 0 saturated carbocycles. The Labute approximate surface area is 104 Å². The van der Waals surface area contributed by atoms with E-state index in [1.54, 1.807) is 18.2 Å². The van der Waals surface area contributed by atoms with Crippen molar-refractivity contribution in [1.82, 2.24) is 5.16 Å². The summed E-state index contributed by atoms with van der Waals surface area (Å²) in [7, 11) is 0. The van der Waals surface area contributed by atoms with Gasteiger partial charge in [-0.2, -0.15) is 0 Å². The topological polar surface area (TPSA) is 61.3 Å². The Morgan fingerprint density at radius 1 is 1.35 bits per heavy atom. The maximum absolute atomic E-state index is 6.11. The summed E-state index contributed by atoms with van der Waals surface area (Å²) in [5.74, 6) is 1.58. The molecule has 0 saturated heterocycles. The summed E-state index contributed by atoms with van der Waals surface area (Å²) in [6.45, 7) is 3.89. The molecule has 2 rings (SSSR count). The summed E-state index contributed by atoms with van der Waals surface area (Å²) >= 11 is 6.11. The molecule has 0 spiro atoms. The average Bonchev–Trinajstić information content (AvgIpc) is 2.67. The zero-order chi connectivity index (χ0) is 12.4. The molecule has 0 unspecified atom stereocenters. The quantitative estimate of drug-likeness (QED) is 0.910. The van der Waals surface area contributed by atoms with Gasteiger partial charge in [-0.1, -0.05) is 16.8 Å². The molecule has 0 amide bonds. The maximum Gasteiger partial charge on any atom is 0.169 e. The molecule has 0 aliphatic rings. The molecule has 0 atom stereocenters. The van der Waals surface area contributed by atoms with E-state index in [0.717, 1.165) is 5.56 Å². The fraction of sp³-hybridized carbons (Fsp3) is 0.250. The molecular weight excluding hydrogens is 240 g/mol. The van der Waals surface area contributed by atoms with Crippen LogP contribution < -0.4 is 10.5 Å². The standard InChI is InChI=1S/C12H13ClN2O2/c1-7(2)16-10-4-3-8(5-9(10)13)11-6-12(14)15-17-11/h3-7H,1-2H3,(H2,14,15). The van der Waals surface area contributed by atoms with Crippen molar-refractivity contribution in [2.45, 2.75) is 20.0 Å². The number of rotatable bonds is 3. The van der Waals surface area contributed by atoms with Crippen molar-refractivity contribution in [1.29, 1.82) is 0 Å². The van der Waals surface area contributed by atoms with Gasteiger partial charge in [-0.3, -0.25) is 0 Å². The number of hydrogen-bond acceptors (Lipinski definition) is 4. The first-order valence-corrected chi connectivity index (χ1v) is 5.63. The zero-order valence-corrected chi connectivity index (χ0v) is 10.4. The van der Waals surface area contributed by atoms with E-state index in [1.807, 2.05) is 19.9 Å². The molecule has 5 heteroatoms. The molecular formula is C12H13ClN2O2. The van der Waals surface area contributed by atoms with Crippen LogP contribution in [0.3, 0.4) is 0 Å². The Bertz CT molecular complexity index is 523. The molecule has 1 aromatic carbocycles. The molecule has 0 radical (unpaired) electrons. The maximum atomic E-state index is 6.11. The van der Waals surface area contributed by atoms with Crippen molar-refractivity contribution in [2.24, 2.45) is 0 Å². The number of ether oxygens (including phenoxy) is 1. The largest absolute Gasteiger partial charge is 0.489 e. The van der Waals surface area contributed by atoms with E-state index < -0.39 is 0 Å². The lowest BCUT2D eigenvalue weighted by molar-refractivity contribution is 0.242. The van der Waals surface area contributed by atoms with Crippen molar-refractivity contribution < 1.29 is 9.26 Å². The molecule has 17 heavy (non-hydrogen) atoms. The highest BCUT2D eigenvalue weighted by Crippen LogP contribution is 2.31. The van der Waals surface area contributed by atoms with Crippen LogP contribution in [0.4, 0.5) is 5.82 Å². The molecule has 0 aliphatic heterocycles. The zero-order valence-electron chi connectivity index (χ0n) is 9.61. The van der Waals surface area contributed by atoms with E-state index in [0.29, 0.717) is 22.4 Å². The number of halogens is 1. The van der Waals surface area contributed by atoms with Crippen LogP contribution >= 0.6 is 11.6 Å². The van der Waals surface area contributed by atoms with Crippen molar-refractivity contribution in [2.75, 3.05) is 5.73 Å². The van der Waals surface area contributed by atoms with Crippen LogP contribution in [0, 0.1) is 0 Å². The van der Waals surface area contributed by atoms with E-state index in [4.69, 9.17) is 26.6 Å². The summed E-state index contributed by atoms with van der Waals surface area (Å²) in [4.78, 5) is 0. The molecule has 1 aromatic heterocycles. The van der Waals surface area contributed by atoms with Gasteiger partial charge in [0, 0.05) is 11.6 Å².